The molecule has 0 atom stereocenters. The number of likely N-dealkylation sites (N-methyl/N-ethyl adjacent to an activating group) is 1. The van der Waals surface area contributed by atoms with Crippen LogP contribution < -0.4 is 0 Å². The number of carbonyl (C=O) groups excluding carboxylic acids is 1. The lowest BCUT2D eigenvalue weighted by molar-refractivity contribution is -0.143. The van der Waals surface area contributed by atoms with Gasteiger partial charge in [-0.25, -0.2) is 0 Å². The van der Waals surface area contributed by atoms with E-state index in [0.29, 0.717) is 6.42 Å². The van der Waals surface area contributed by atoms with E-state index in [1.807, 2.05) is 30.3 Å². The first kappa shape index (κ1) is 14.6. The summed E-state index contributed by atoms with van der Waals surface area (Å²) >= 11 is 1.70. The zero-order valence-corrected chi connectivity index (χ0v) is 11.2. The fourth-order valence-electron chi connectivity index (χ4n) is 1.41. The highest BCUT2D eigenvalue weighted by atomic mass is 32.2. The van der Waals surface area contributed by atoms with E-state index in [0.717, 1.165) is 12.2 Å². The molecule has 1 aromatic rings. The van der Waals surface area contributed by atoms with Gasteiger partial charge < -0.3 is 10.0 Å². The number of nitrogens with zero attached hydrogens (tertiary/aromatic N) is 1. The molecule has 0 spiro atoms. The van der Waals surface area contributed by atoms with Gasteiger partial charge in [-0.05, 0) is 24.3 Å². The molecule has 98 valence electrons. The van der Waals surface area contributed by atoms with E-state index in [4.69, 9.17) is 5.11 Å². The van der Waals surface area contributed by atoms with Crippen molar-refractivity contribution in [3.63, 3.8) is 0 Å². The summed E-state index contributed by atoms with van der Waals surface area (Å²) in [5.74, 6) is -0.244. The van der Waals surface area contributed by atoms with Crippen molar-refractivity contribution in [3.8, 4) is 0 Å². The molecule has 5 heteroatoms. The number of amides is 1. The number of hydrogen-bond acceptors (Lipinski definition) is 3. The molecule has 1 N–H and O–H groups in total. The Morgan fingerprint density at radius 1 is 1.28 bits per heavy atom. The molecule has 0 heterocycles. The second kappa shape index (κ2) is 7.76. The largest absolute Gasteiger partial charge is 0.480 e. The molecule has 0 aliphatic rings. The minimum atomic E-state index is -0.982. The van der Waals surface area contributed by atoms with E-state index >= 15 is 0 Å². The summed E-state index contributed by atoms with van der Waals surface area (Å²) in [4.78, 5) is 24.4. The predicted molar refractivity (Wildman–Crippen MR) is 71.7 cm³/mol. The molecule has 1 rings (SSSR count). The van der Waals surface area contributed by atoms with Crippen molar-refractivity contribution >= 4 is 23.6 Å². The Bertz CT molecular complexity index is 394. The average molecular weight is 267 g/mol. The molecule has 1 amide bonds. The minimum absolute atomic E-state index is 0.119. The fraction of sp³-hybridized carbons (Fsp3) is 0.385. The van der Waals surface area contributed by atoms with Crippen molar-refractivity contribution in [1.82, 2.24) is 4.90 Å². The third-order valence-electron chi connectivity index (χ3n) is 2.35. The maximum atomic E-state index is 11.5. The van der Waals surface area contributed by atoms with Crippen LogP contribution in [0.25, 0.3) is 0 Å². The highest BCUT2D eigenvalue weighted by Crippen LogP contribution is 2.18. The summed E-state index contributed by atoms with van der Waals surface area (Å²) in [7, 11) is 1.51. The van der Waals surface area contributed by atoms with Crippen LogP contribution in [0.15, 0.2) is 35.2 Å². The quantitative estimate of drug-likeness (QED) is 0.607. The fourth-order valence-corrected chi connectivity index (χ4v) is 2.29. The normalized spacial score (nSPS) is 10.1. The van der Waals surface area contributed by atoms with Gasteiger partial charge in [0.2, 0.25) is 5.91 Å². The van der Waals surface area contributed by atoms with Gasteiger partial charge in [0.1, 0.15) is 6.54 Å². The maximum Gasteiger partial charge on any atom is 0.323 e. The van der Waals surface area contributed by atoms with Gasteiger partial charge in [-0.3, -0.25) is 9.59 Å². The molecule has 0 aromatic heterocycles. The van der Waals surface area contributed by atoms with E-state index in [1.165, 1.54) is 16.8 Å². The van der Waals surface area contributed by atoms with Crippen LogP contribution in [0.1, 0.15) is 12.8 Å². The Morgan fingerprint density at radius 2 is 1.94 bits per heavy atom. The molecule has 0 radical (unpaired) electrons. The van der Waals surface area contributed by atoms with Gasteiger partial charge in [-0.1, -0.05) is 18.2 Å². The average Bonchev–Trinajstić information content (AvgIpc) is 2.34. The number of carboxylic acid groups (broad SMARTS) is 1. The Hall–Kier alpha value is -1.49. The number of thioether (sulfide) groups is 1. The number of aliphatic carboxylic acids is 1. The lowest BCUT2D eigenvalue weighted by Gasteiger charge is -2.14. The predicted octanol–water partition coefficient (Wildman–Crippen LogP) is 2.10. The third kappa shape index (κ3) is 5.72. The zero-order valence-electron chi connectivity index (χ0n) is 10.3. The summed E-state index contributed by atoms with van der Waals surface area (Å²) in [6, 6.07) is 9.99. The topological polar surface area (TPSA) is 57.6 Å². The van der Waals surface area contributed by atoms with Crippen LogP contribution in [0.3, 0.4) is 0 Å². The van der Waals surface area contributed by atoms with Crippen LogP contribution in [0, 0.1) is 0 Å². The molecule has 1 aromatic carbocycles. The second-order valence-corrected chi connectivity index (χ2v) is 5.08. The van der Waals surface area contributed by atoms with Crippen molar-refractivity contribution in [3.05, 3.63) is 30.3 Å². The highest BCUT2D eigenvalue weighted by molar-refractivity contribution is 7.99. The number of carboxylic acids is 1. The Kier molecular flexibility index (Phi) is 6.28. The van der Waals surface area contributed by atoms with Crippen molar-refractivity contribution in [2.24, 2.45) is 0 Å². The molecule has 18 heavy (non-hydrogen) atoms. The third-order valence-corrected chi connectivity index (χ3v) is 3.44. The van der Waals surface area contributed by atoms with Gasteiger partial charge in [0, 0.05) is 18.4 Å². The SMILES string of the molecule is CN(CC(=O)O)C(=O)CCCSc1ccccc1. The number of benzene rings is 1. The molecule has 0 aliphatic carbocycles. The molecular formula is C13H17NO3S. The molecule has 0 bridgehead atoms. The van der Waals surface area contributed by atoms with E-state index in [9.17, 15) is 9.59 Å². The summed E-state index contributed by atoms with van der Waals surface area (Å²) in [6.45, 7) is -0.231. The van der Waals surface area contributed by atoms with Gasteiger partial charge in [-0.15, -0.1) is 11.8 Å². The Labute approximate surface area is 111 Å². The number of hydrogen-bond donors (Lipinski definition) is 1. The zero-order chi connectivity index (χ0) is 13.4. The van der Waals surface area contributed by atoms with Crippen LogP contribution in [-0.4, -0.2) is 41.2 Å². The van der Waals surface area contributed by atoms with Crippen molar-refractivity contribution < 1.29 is 14.7 Å². The monoisotopic (exact) mass is 267 g/mol. The van der Waals surface area contributed by atoms with Gasteiger partial charge in [0.25, 0.3) is 0 Å². The maximum absolute atomic E-state index is 11.5. The molecular weight excluding hydrogens is 250 g/mol. The summed E-state index contributed by atoms with van der Waals surface area (Å²) in [5.41, 5.74) is 0. The minimum Gasteiger partial charge on any atom is -0.480 e. The van der Waals surface area contributed by atoms with Gasteiger partial charge in [0.05, 0.1) is 0 Å². The van der Waals surface area contributed by atoms with Crippen LogP contribution in [-0.2, 0) is 9.59 Å². The summed E-state index contributed by atoms with van der Waals surface area (Å²) in [5, 5.41) is 8.56. The summed E-state index contributed by atoms with van der Waals surface area (Å²) in [6.07, 6.45) is 1.14. The molecule has 0 saturated carbocycles. The van der Waals surface area contributed by atoms with E-state index in [-0.39, 0.29) is 12.5 Å². The standard InChI is InChI=1S/C13H17NO3S/c1-14(10-13(16)17)12(15)8-5-9-18-11-6-3-2-4-7-11/h2-4,6-7H,5,8-10H2,1H3,(H,16,17). The van der Waals surface area contributed by atoms with Crippen LogP contribution >= 0.6 is 11.8 Å². The highest BCUT2D eigenvalue weighted by Gasteiger charge is 2.11. The number of rotatable bonds is 7. The second-order valence-electron chi connectivity index (χ2n) is 3.91. The van der Waals surface area contributed by atoms with Crippen molar-refractivity contribution in [1.29, 1.82) is 0 Å². The van der Waals surface area contributed by atoms with Crippen molar-refractivity contribution in [2.75, 3.05) is 19.3 Å². The van der Waals surface area contributed by atoms with Crippen molar-refractivity contribution in [2.45, 2.75) is 17.7 Å². The van der Waals surface area contributed by atoms with Crippen LogP contribution in [0.5, 0.6) is 0 Å². The summed E-state index contributed by atoms with van der Waals surface area (Å²) < 4.78 is 0. The van der Waals surface area contributed by atoms with Gasteiger partial charge in [-0.2, -0.15) is 0 Å². The van der Waals surface area contributed by atoms with E-state index in [2.05, 4.69) is 0 Å². The first-order valence-corrected chi connectivity index (χ1v) is 6.72. The van der Waals surface area contributed by atoms with Crippen LogP contribution in [0.2, 0.25) is 0 Å². The Morgan fingerprint density at radius 3 is 2.56 bits per heavy atom. The molecule has 0 fully saturated rings. The van der Waals surface area contributed by atoms with Crippen LogP contribution in [0.4, 0.5) is 0 Å². The van der Waals surface area contributed by atoms with Gasteiger partial charge in [0.15, 0.2) is 0 Å². The Balaban J connectivity index is 2.18. The van der Waals surface area contributed by atoms with Gasteiger partial charge >= 0.3 is 5.97 Å². The molecule has 0 saturated heterocycles. The van der Waals surface area contributed by atoms with E-state index in [1.54, 1.807) is 11.8 Å². The van der Waals surface area contributed by atoms with E-state index < -0.39 is 5.97 Å². The number of carbonyl (C=O) groups is 2. The lowest BCUT2D eigenvalue weighted by Crippen LogP contribution is -2.31. The molecule has 4 nitrogen and oxygen atoms in total. The molecule has 0 aliphatic heterocycles. The molecule has 0 unspecified atom stereocenters. The smallest absolute Gasteiger partial charge is 0.323 e. The first-order chi connectivity index (χ1) is 8.59. The lowest BCUT2D eigenvalue weighted by atomic mass is 10.3. The first-order valence-electron chi connectivity index (χ1n) is 5.73.